The first-order chi connectivity index (χ1) is 10.2. The molecule has 106 valence electrons. The third-order valence-corrected chi connectivity index (χ3v) is 2.89. The highest BCUT2D eigenvalue weighted by atomic mass is 16.2. The molecule has 0 fully saturated rings. The van der Waals surface area contributed by atoms with E-state index in [4.69, 9.17) is 0 Å². The van der Waals surface area contributed by atoms with Gasteiger partial charge in [0.15, 0.2) is 0 Å². The third kappa shape index (κ3) is 3.14. The first kappa shape index (κ1) is 13.0. The molecule has 0 saturated carbocycles. The average Bonchev–Trinajstić information content (AvgIpc) is 3.11. The van der Waals surface area contributed by atoms with E-state index in [0.717, 1.165) is 5.56 Å². The molecule has 0 aliphatic carbocycles. The molecule has 2 aromatic heterocycles. The summed E-state index contributed by atoms with van der Waals surface area (Å²) in [5, 5.41) is 13.4. The number of amides is 1. The molecule has 0 atom stereocenters. The molecule has 1 amide bonds. The first-order valence-electron chi connectivity index (χ1n) is 6.47. The smallest absolute Gasteiger partial charge is 0.295 e. The lowest BCUT2D eigenvalue weighted by molar-refractivity contribution is 0.101. The summed E-state index contributed by atoms with van der Waals surface area (Å²) in [7, 11) is 0. The van der Waals surface area contributed by atoms with Crippen molar-refractivity contribution < 1.29 is 4.79 Å². The van der Waals surface area contributed by atoms with E-state index in [9.17, 15) is 4.79 Å². The zero-order valence-corrected chi connectivity index (χ0v) is 11.4. The number of hydrogen-bond acceptors (Lipinski definition) is 4. The maximum Gasteiger partial charge on any atom is 0.295 e. The van der Waals surface area contributed by atoms with Gasteiger partial charge in [-0.15, -0.1) is 5.10 Å². The number of carbonyl (C=O) groups excluding carboxylic acids is 1. The Bertz CT molecular complexity index is 746. The van der Waals surface area contributed by atoms with Crippen LogP contribution in [-0.4, -0.2) is 30.9 Å². The van der Waals surface area contributed by atoms with Crippen molar-refractivity contribution in [1.29, 1.82) is 0 Å². The monoisotopic (exact) mass is 282 g/mol. The summed E-state index contributed by atoms with van der Waals surface area (Å²) in [5.41, 5.74) is 1.75. The van der Waals surface area contributed by atoms with Crippen molar-refractivity contribution in [2.24, 2.45) is 0 Å². The van der Waals surface area contributed by atoms with Crippen LogP contribution in [-0.2, 0) is 6.54 Å². The molecule has 1 aromatic carbocycles. The fourth-order valence-corrected chi connectivity index (χ4v) is 1.96. The molecular weight excluding hydrogens is 268 g/mol. The Hall–Kier alpha value is -2.96. The van der Waals surface area contributed by atoms with Gasteiger partial charge in [0.2, 0.25) is 5.82 Å². The molecule has 0 aliphatic rings. The van der Waals surface area contributed by atoms with Gasteiger partial charge >= 0.3 is 0 Å². The maximum atomic E-state index is 12.0. The van der Waals surface area contributed by atoms with Gasteiger partial charge in [-0.2, -0.15) is 5.10 Å². The molecule has 3 rings (SSSR count). The molecule has 2 N–H and O–H groups in total. The molecule has 0 radical (unpaired) electrons. The number of aromatic amines is 1. The topological polar surface area (TPSA) is 88.5 Å². The van der Waals surface area contributed by atoms with Crippen LogP contribution in [0.5, 0.6) is 0 Å². The van der Waals surface area contributed by atoms with Crippen molar-refractivity contribution in [1.82, 2.24) is 25.0 Å². The van der Waals surface area contributed by atoms with Crippen LogP contribution in [0.1, 0.15) is 22.0 Å². The van der Waals surface area contributed by atoms with E-state index in [1.165, 1.54) is 0 Å². The predicted molar refractivity (Wildman–Crippen MR) is 76.8 cm³/mol. The molecular formula is C14H14N6O. The molecule has 0 unspecified atom stereocenters. The average molecular weight is 282 g/mol. The minimum absolute atomic E-state index is 0.130. The fraction of sp³-hybridized carbons (Fsp3) is 0.143. The van der Waals surface area contributed by atoms with Crippen molar-refractivity contribution in [2.75, 3.05) is 5.32 Å². The Morgan fingerprint density at radius 2 is 2.29 bits per heavy atom. The van der Waals surface area contributed by atoms with Crippen molar-refractivity contribution in [3.05, 3.63) is 59.9 Å². The quantitative estimate of drug-likeness (QED) is 0.761. The number of aryl methyl sites for hydroxylation is 1. The number of rotatable bonds is 4. The molecule has 21 heavy (non-hydrogen) atoms. The Labute approximate surface area is 121 Å². The summed E-state index contributed by atoms with van der Waals surface area (Å²) in [6.45, 7) is 2.39. The summed E-state index contributed by atoms with van der Waals surface area (Å²) < 4.78 is 1.82. The zero-order valence-electron chi connectivity index (χ0n) is 11.4. The van der Waals surface area contributed by atoms with Gasteiger partial charge in [-0.1, -0.05) is 12.1 Å². The van der Waals surface area contributed by atoms with E-state index < -0.39 is 0 Å². The molecule has 3 aromatic rings. The normalized spacial score (nSPS) is 10.5. The molecule has 0 aliphatic heterocycles. The number of aromatic nitrogens is 5. The number of nitrogens with zero attached hydrogens (tertiary/aromatic N) is 4. The van der Waals surface area contributed by atoms with Gasteiger partial charge in [0.1, 0.15) is 5.82 Å². The highest BCUT2D eigenvalue weighted by Gasteiger charge is 2.11. The van der Waals surface area contributed by atoms with Crippen molar-refractivity contribution >= 4 is 11.6 Å². The number of H-pyrrole nitrogens is 1. The van der Waals surface area contributed by atoms with E-state index in [0.29, 0.717) is 18.1 Å². The Kier molecular flexibility index (Phi) is 3.46. The minimum atomic E-state index is -0.337. The highest BCUT2D eigenvalue weighted by molar-refractivity contribution is 6.01. The minimum Gasteiger partial charge on any atom is -0.319 e. The van der Waals surface area contributed by atoms with Crippen LogP contribution in [0.15, 0.2) is 42.7 Å². The standard InChI is InChI=1S/C14H14N6O/c1-10-16-13(19-18-10)14(21)17-12-5-2-4-11(8-12)9-20-7-3-6-15-20/h2-8H,9H2,1H3,(H,17,21)(H,16,18,19). The second-order valence-electron chi connectivity index (χ2n) is 4.60. The van der Waals surface area contributed by atoms with Gasteiger partial charge in [-0.3, -0.25) is 14.6 Å². The maximum absolute atomic E-state index is 12.0. The number of nitrogens with one attached hydrogen (secondary N) is 2. The third-order valence-electron chi connectivity index (χ3n) is 2.89. The summed E-state index contributed by atoms with van der Waals surface area (Å²) in [6.07, 6.45) is 3.62. The fourth-order valence-electron chi connectivity index (χ4n) is 1.96. The largest absolute Gasteiger partial charge is 0.319 e. The summed E-state index contributed by atoms with van der Waals surface area (Å²) >= 11 is 0. The van der Waals surface area contributed by atoms with Gasteiger partial charge in [-0.05, 0) is 30.7 Å². The van der Waals surface area contributed by atoms with E-state index in [1.54, 1.807) is 13.1 Å². The van der Waals surface area contributed by atoms with Crippen molar-refractivity contribution in [2.45, 2.75) is 13.5 Å². The second kappa shape index (κ2) is 5.58. The van der Waals surface area contributed by atoms with Crippen molar-refractivity contribution in [3.8, 4) is 0 Å². The van der Waals surface area contributed by atoms with Gasteiger partial charge < -0.3 is 5.32 Å². The van der Waals surface area contributed by atoms with Crippen LogP contribution < -0.4 is 5.32 Å². The van der Waals surface area contributed by atoms with E-state index in [-0.39, 0.29) is 11.7 Å². The predicted octanol–water partition coefficient (Wildman–Crippen LogP) is 1.61. The summed E-state index contributed by atoms with van der Waals surface area (Å²) in [4.78, 5) is 16.0. The number of carbonyl (C=O) groups is 1. The zero-order chi connectivity index (χ0) is 14.7. The first-order valence-corrected chi connectivity index (χ1v) is 6.47. The summed E-state index contributed by atoms with van der Waals surface area (Å²) in [6, 6.07) is 9.46. The summed E-state index contributed by atoms with van der Waals surface area (Å²) in [5.74, 6) is 0.396. The van der Waals surface area contributed by atoms with Crippen LogP contribution in [0.2, 0.25) is 0 Å². The number of anilines is 1. The van der Waals surface area contributed by atoms with E-state index in [2.05, 4.69) is 25.6 Å². The van der Waals surface area contributed by atoms with Gasteiger partial charge in [0.05, 0.1) is 6.54 Å². The molecule has 0 spiro atoms. The lowest BCUT2D eigenvalue weighted by atomic mass is 10.2. The Morgan fingerprint density at radius 1 is 1.38 bits per heavy atom. The molecule has 7 nitrogen and oxygen atoms in total. The molecule has 0 saturated heterocycles. The van der Waals surface area contributed by atoms with Crippen LogP contribution in [0.4, 0.5) is 5.69 Å². The Morgan fingerprint density at radius 3 is 3.00 bits per heavy atom. The second-order valence-corrected chi connectivity index (χ2v) is 4.60. The van der Waals surface area contributed by atoms with Crippen molar-refractivity contribution in [3.63, 3.8) is 0 Å². The number of hydrogen-bond donors (Lipinski definition) is 2. The highest BCUT2D eigenvalue weighted by Crippen LogP contribution is 2.12. The van der Waals surface area contributed by atoms with Gasteiger partial charge in [0.25, 0.3) is 5.91 Å². The molecule has 2 heterocycles. The van der Waals surface area contributed by atoms with Gasteiger partial charge in [-0.25, -0.2) is 4.98 Å². The van der Waals surface area contributed by atoms with Crippen LogP contribution in [0, 0.1) is 6.92 Å². The number of benzene rings is 1. The van der Waals surface area contributed by atoms with E-state index in [1.807, 2.05) is 41.2 Å². The SMILES string of the molecule is Cc1nc(C(=O)Nc2cccc(Cn3cccn3)c2)n[nH]1. The van der Waals surface area contributed by atoms with Gasteiger partial charge in [0, 0.05) is 18.1 Å². The van der Waals surface area contributed by atoms with Crippen LogP contribution in [0.25, 0.3) is 0 Å². The van der Waals surface area contributed by atoms with Crippen LogP contribution in [0.3, 0.4) is 0 Å². The lowest BCUT2D eigenvalue weighted by Gasteiger charge is -2.06. The van der Waals surface area contributed by atoms with Crippen LogP contribution >= 0.6 is 0 Å². The molecule has 0 bridgehead atoms. The Balaban J connectivity index is 1.72. The van der Waals surface area contributed by atoms with E-state index >= 15 is 0 Å². The molecule has 7 heteroatoms. The lowest BCUT2D eigenvalue weighted by Crippen LogP contribution is -2.14.